The van der Waals surface area contributed by atoms with Crippen LogP contribution >= 0.6 is 11.6 Å². The minimum Gasteiger partial charge on any atom is -0.397 e. The summed E-state index contributed by atoms with van der Waals surface area (Å²) in [5.41, 5.74) is 6.06. The van der Waals surface area contributed by atoms with Crippen molar-refractivity contribution in [1.82, 2.24) is 4.98 Å². The van der Waals surface area contributed by atoms with Crippen molar-refractivity contribution in [2.75, 3.05) is 11.1 Å². The van der Waals surface area contributed by atoms with Crippen LogP contribution in [0.1, 0.15) is 15.9 Å². The van der Waals surface area contributed by atoms with Crippen molar-refractivity contribution < 1.29 is 9.18 Å². The maximum absolute atomic E-state index is 13.0. The monoisotopic (exact) mass is 290 g/mol. The fraction of sp³-hybridized carbons (Fsp3) is 0. The van der Waals surface area contributed by atoms with Gasteiger partial charge >= 0.3 is 0 Å². The fourth-order valence-corrected chi connectivity index (χ4v) is 1.72. The molecule has 0 aliphatic heterocycles. The largest absolute Gasteiger partial charge is 0.397 e. The smallest absolute Gasteiger partial charge is 0.258 e. The van der Waals surface area contributed by atoms with E-state index in [0.717, 1.165) is 12.1 Å². The van der Waals surface area contributed by atoms with E-state index in [1.807, 2.05) is 0 Å². The number of amides is 1. The molecule has 5 nitrogen and oxygen atoms in total. The summed E-state index contributed by atoms with van der Waals surface area (Å²) in [5.74, 6) is -1.15. The molecule has 0 saturated heterocycles. The maximum atomic E-state index is 13.0. The standard InChI is InChI=1S/C13H8ClFN4O/c14-12-10(4-9(17)6-18-12)13(20)19-11-2-1-8(15)3-7(11)5-16/h1-4,6H,17H2,(H,19,20). The molecule has 0 aliphatic rings. The summed E-state index contributed by atoms with van der Waals surface area (Å²) in [6.45, 7) is 0. The molecule has 0 saturated carbocycles. The molecule has 1 heterocycles. The summed E-state index contributed by atoms with van der Waals surface area (Å²) in [6, 6.07) is 6.60. The van der Waals surface area contributed by atoms with Gasteiger partial charge in [0.15, 0.2) is 0 Å². The first-order chi connectivity index (χ1) is 9.51. The molecular weight excluding hydrogens is 283 g/mol. The van der Waals surface area contributed by atoms with Crippen LogP contribution in [-0.2, 0) is 0 Å². The minimum absolute atomic E-state index is 0.00587. The summed E-state index contributed by atoms with van der Waals surface area (Å²) in [4.78, 5) is 15.8. The zero-order valence-corrected chi connectivity index (χ0v) is 10.8. The van der Waals surface area contributed by atoms with Crippen LogP contribution in [0, 0.1) is 17.1 Å². The van der Waals surface area contributed by atoms with Crippen LogP contribution in [0.4, 0.5) is 15.8 Å². The second-order valence-electron chi connectivity index (χ2n) is 3.86. The van der Waals surface area contributed by atoms with Gasteiger partial charge in [0.1, 0.15) is 17.0 Å². The predicted octanol–water partition coefficient (Wildman–Crippen LogP) is 2.58. The second-order valence-corrected chi connectivity index (χ2v) is 4.22. The second kappa shape index (κ2) is 5.55. The Balaban J connectivity index is 2.33. The number of carbonyl (C=O) groups excluding carboxylic acids is 1. The van der Waals surface area contributed by atoms with E-state index < -0.39 is 11.7 Å². The first kappa shape index (κ1) is 13.8. The minimum atomic E-state index is -0.585. The number of anilines is 2. The van der Waals surface area contributed by atoms with E-state index in [9.17, 15) is 9.18 Å². The molecule has 1 aromatic carbocycles. The van der Waals surface area contributed by atoms with Gasteiger partial charge in [-0.3, -0.25) is 4.79 Å². The quantitative estimate of drug-likeness (QED) is 0.832. The molecule has 0 spiro atoms. The van der Waals surface area contributed by atoms with E-state index in [1.54, 1.807) is 6.07 Å². The molecule has 3 N–H and O–H groups in total. The summed E-state index contributed by atoms with van der Waals surface area (Å²) >= 11 is 5.80. The number of aromatic nitrogens is 1. The number of nitrogens with two attached hydrogens (primary N) is 1. The Kier molecular flexibility index (Phi) is 3.82. The van der Waals surface area contributed by atoms with Gasteiger partial charge in [0, 0.05) is 0 Å². The number of nitrogen functional groups attached to an aromatic ring is 1. The average Bonchev–Trinajstić information content (AvgIpc) is 2.43. The number of hydrogen-bond donors (Lipinski definition) is 2. The van der Waals surface area contributed by atoms with Crippen molar-refractivity contribution in [3.63, 3.8) is 0 Å². The van der Waals surface area contributed by atoms with E-state index in [0.29, 0.717) is 0 Å². The Morgan fingerprint density at radius 2 is 2.20 bits per heavy atom. The van der Waals surface area contributed by atoms with Gasteiger partial charge in [-0.15, -0.1) is 0 Å². The first-order valence-electron chi connectivity index (χ1n) is 5.43. The van der Waals surface area contributed by atoms with Gasteiger partial charge in [0.2, 0.25) is 0 Å². The molecule has 0 bridgehead atoms. The van der Waals surface area contributed by atoms with Gasteiger partial charge in [-0.25, -0.2) is 9.37 Å². The van der Waals surface area contributed by atoms with Gasteiger partial charge in [0.25, 0.3) is 5.91 Å². The zero-order chi connectivity index (χ0) is 14.7. The lowest BCUT2D eigenvalue weighted by molar-refractivity contribution is 0.102. The van der Waals surface area contributed by atoms with Gasteiger partial charge in [-0.05, 0) is 24.3 Å². The molecule has 0 radical (unpaired) electrons. The lowest BCUT2D eigenvalue weighted by atomic mass is 10.1. The molecule has 0 fully saturated rings. The molecule has 100 valence electrons. The third kappa shape index (κ3) is 2.84. The number of nitrogens with one attached hydrogen (secondary N) is 1. The lowest BCUT2D eigenvalue weighted by Crippen LogP contribution is -2.14. The molecule has 0 atom stereocenters. The van der Waals surface area contributed by atoms with Crippen molar-refractivity contribution in [2.24, 2.45) is 0 Å². The molecule has 1 amide bonds. The van der Waals surface area contributed by atoms with E-state index in [1.165, 1.54) is 18.3 Å². The van der Waals surface area contributed by atoms with Crippen molar-refractivity contribution in [1.29, 1.82) is 5.26 Å². The van der Waals surface area contributed by atoms with Gasteiger partial charge in [0.05, 0.1) is 28.7 Å². The van der Waals surface area contributed by atoms with Gasteiger partial charge < -0.3 is 11.1 Å². The summed E-state index contributed by atoms with van der Waals surface area (Å²) < 4.78 is 13.0. The average molecular weight is 291 g/mol. The number of nitriles is 1. The number of nitrogens with zero attached hydrogens (tertiary/aromatic N) is 2. The highest BCUT2D eigenvalue weighted by Crippen LogP contribution is 2.20. The highest BCUT2D eigenvalue weighted by atomic mass is 35.5. The summed E-state index contributed by atoms with van der Waals surface area (Å²) in [6.07, 6.45) is 1.32. The third-order valence-electron chi connectivity index (χ3n) is 2.46. The Labute approximate surface area is 118 Å². The molecule has 2 aromatic rings. The summed E-state index contributed by atoms with van der Waals surface area (Å²) in [5, 5.41) is 11.3. The highest BCUT2D eigenvalue weighted by Gasteiger charge is 2.14. The van der Waals surface area contributed by atoms with E-state index in [-0.39, 0.29) is 27.7 Å². The first-order valence-corrected chi connectivity index (χ1v) is 5.81. The molecule has 20 heavy (non-hydrogen) atoms. The molecular formula is C13H8ClFN4O. The highest BCUT2D eigenvalue weighted by molar-refractivity contribution is 6.33. The topological polar surface area (TPSA) is 91.8 Å². The molecule has 7 heteroatoms. The van der Waals surface area contributed by atoms with Crippen LogP contribution in [0.25, 0.3) is 0 Å². The summed E-state index contributed by atoms with van der Waals surface area (Å²) in [7, 11) is 0. The number of hydrogen-bond acceptors (Lipinski definition) is 4. The predicted molar refractivity (Wildman–Crippen MR) is 72.7 cm³/mol. The van der Waals surface area contributed by atoms with Gasteiger partial charge in [-0.2, -0.15) is 5.26 Å². The van der Waals surface area contributed by atoms with Crippen molar-refractivity contribution in [3.05, 3.63) is 52.6 Å². The van der Waals surface area contributed by atoms with Crippen LogP contribution in [-0.4, -0.2) is 10.9 Å². The number of carbonyl (C=O) groups is 1. The van der Waals surface area contributed by atoms with Crippen LogP contribution in [0.5, 0.6) is 0 Å². The molecule has 1 aromatic heterocycles. The molecule has 0 unspecified atom stereocenters. The number of pyridine rings is 1. The zero-order valence-electron chi connectivity index (χ0n) is 10.0. The van der Waals surface area contributed by atoms with Crippen LogP contribution in [0.3, 0.4) is 0 Å². The SMILES string of the molecule is N#Cc1cc(F)ccc1NC(=O)c1cc(N)cnc1Cl. The van der Waals surface area contributed by atoms with E-state index in [2.05, 4.69) is 10.3 Å². The number of halogens is 2. The van der Waals surface area contributed by atoms with Crippen LogP contribution in [0.15, 0.2) is 30.5 Å². The third-order valence-corrected chi connectivity index (χ3v) is 2.76. The van der Waals surface area contributed by atoms with Crippen LogP contribution in [0.2, 0.25) is 5.15 Å². The van der Waals surface area contributed by atoms with Crippen molar-refractivity contribution in [3.8, 4) is 6.07 Å². The lowest BCUT2D eigenvalue weighted by Gasteiger charge is -2.08. The Morgan fingerprint density at radius 3 is 2.90 bits per heavy atom. The normalized spacial score (nSPS) is 9.85. The van der Waals surface area contributed by atoms with Crippen LogP contribution < -0.4 is 11.1 Å². The van der Waals surface area contributed by atoms with Crippen molar-refractivity contribution in [2.45, 2.75) is 0 Å². The maximum Gasteiger partial charge on any atom is 0.258 e. The Bertz CT molecular complexity index is 727. The number of rotatable bonds is 2. The Morgan fingerprint density at radius 1 is 1.45 bits per heavy atom. The Hall–Kier alpha value is -2.65. The van der Waals surface area contributed by atoms with Crippen molar-refractivity contribution >= 4 is 28.9 Å². The van der Waals surface area contributed by atoms with E-state index >= 15 is 0 Å². The number of benzene rings is 1. The molecule has 2 rings (SSSR count). The van der Waals surface area contributed by atoms with Gasteiger partial charge in [-0.1, -0.05) is 11.6 Å². The van der Waals surface area contributed by atoms with E-state index in [4.69, 9.17) is 22.6 Å². The molecule has 0 aliphatic carbocycles. The fourth-order valence-electron chi connectivity index (χ4n) is 1.53.